The Hall–Kier alpha value is -2.12. The Kier molecular flexibility index (Phi) is 7.69. The fraction of sp³-hybridized carbons (Fsp3) is 0.556. The van der Waals surface area contributed by atoms with E-state index in [0.717, 1.165) is 19.5 Å². The zero-order valence-corrected chi connectivity index (χ0v) is 14.9. The van der Waals surface area contributed by atoms with Crippen molar-refractivity contribution >= 4 is 12.0 Å². The number of rotatable bonds is 8. The summed E-state index contributed by atoms with van der Waals surface area (Å²) in [5, 5.41) is 11.7. The van der Waals surface area contributed by atoms with E-state index in [1.807, 2.05) is 23.1 Å². The molecule has 1 heterocycles. The molecule has 0 radical (unpaired) electrons. The van der Waals surface area contributed by atoms with E-state index in [0.29, 0.717) is 32.7 Å². The van der Waals surface area contributed by atoms with E-state index in [1.54, 1.807) is 4.90 Å². The summed E-state index contributed by atoms with van der Waals surface area (Å²) in [6.07, 6.45) is 0.897. The first-order valence-corrected chi connectivity index (χ1v) is 8.74. The van der Waals surface area contributed by atoms with Crippen molar-refractivity contribution < 1.29 is 14.7 Å². The first kappa shape index (κ1) is 19.2. The lowest BCUT2D eigenvalue weighted by atomic mass is 10.2. The third-order valence-electron chi connectivity index (χ3n) is 4.31. The van der Waals surface area contributed by atoms with Crippen LogP contribution in [-0.2, 0) is 11.3 Å². The molecule has 0 unspecified atom stereocenters. The van der Waals surface area contributed by atoms with E-state index in [2.05, 4.69) is 29.4 Å². The molecule has 0 atom stereocenters. The number of urea groups is 1. The molecule has 1 saturated heterocycles. The third-order valence-corrected chi connectivity index (χ3v) is 4.31. The highest BCUT2D eigenvalue weighted by atomic mass is 16.4. The van der Waals surface area contributed by atoms with Crippen LogP contribution in [0.1, 0.15) is 12.0 Å². The van der Waals surface area contributed by atoms with Gasteiger partial charge in [-0.2, -0.15) is 0 Å². The van der Waals surface area contributed by atoms with Crippen LogP contribution in [0.2, 0.25) is 0 Å². The molecule has 7 heteroatoms. The van der Waals surface area contributed by atoms with Crippen molar-refractivity contribution in [1.29, 1.82) is 0 Å². The van der Waals surface area contributed by atoms with E-state index in [1.165, 1.54) is 5.56 Å². The Morgan fingerprint density at radius 3 is 2.48 bits per heavy atom. The quantitative estimate of drug-likeness (QED) is 0.683. The van der Waals surface area contributed by atoms with E-state index in [9.17, 15) is 9.59 Å². The molecule has 1 aliphatic rings. The largest absolute Gasteiger partial charge is 0.480 e. The standard InChI is InChI=1S/C18H28N4O3/c1-20(14-16-6-3-2-4-7-16)9-5-8-19-18(25)22-12-10-21(11-13-22)15-17(23)24/h2-4,6-7H,5,8-15H2,1H3,(H,19,25)(H,23,24). The van der Waals surface area contributed by atoms with Gasteiger partial charge in [-0.25, -0.2) is 4.79 Å². The van der Waals surface area contributed by atoms with Gasteiger partial charge in [0.15, 0.2) is 0 Å². The first-order valence-electron chi connectivity index (χ1n) is 8.74. The lowest BCUT2D eigenvalue weighted by Crippen LogP contribution is -2.52. The van der Waals surface area contributed by atoms with Crippen LogP contribution in [0.3, 0.4) is 0 Å². The number of carbonyl (C=O) groups is 2. The molecule has 0 saturated carbocycles. The Morgan fingerprint density at radius 2 is 1.84 bits per heavy atom. The fourth-order valence-corrected chi connectivity index (χ4v) is 2.93. The highest BCUT2D eigenvalue weighted by Gasteiger charge is 2.21. The summed E-state index contributed by atoms with van der Waals surface area (Å²) in [6.45, 7) is 4.89. The summed E-state index contributed by atoms with van der Waals surface area (Å²) in [5.41, 5.74) is 1.29. The molecule has 0 aromatic heterocycles. The van der Waals surface area contributed by atoms with Crippen LogP contribution in [0.5, 0.6) is 0 Å². The minimum absolute atomic E-state index is 0.0448. The summed E-state index contributed by atoms with van der Waals surface area (Å²) in [6, 6.07) is 10.3. The van der Waals surface area contributed by atoms with E-state index in [-0.39, 0.29) is 12.6 Å². The lowest BCUT2D eigenvalue weighted by Gasteiger charge is -2.33. The molecule has 0 spiro atoms. The maximum atomic E-state index is 12.1. The second-order valence-corrected chi connectivity index (χ2v) is 6.47. The number of benzene rings is 1. The third kappa shape index (κ3) is 7.11. The van der Waals surface area contributed by atoms with Crippen LogP contribution in [-0.4, -0.2) is 84.7 Å². The summed E-state index contributed by atoms with van der Waals surface area (Å²) < 4.78 is 0. The molecule has 1 aromatic rings. The molecule has 2 rings (SSSR count). The van der Waals surface area contributed by atoms with E-state index < -0.39 is 5.97 Å². The topological polar surface area (TPSA) is 76.1 Å². The Labute approximate surface area is 149 Å². The number of hydrogen-bond acceptors (Lipinski definition) is 4. The van der Waals surface area contributed by atoms with Gasteiger partial charge in [0.2, 0.25) is 0 Å². The molecule has 25 heavy (non-hydrogen) atoms. The number of amides is 2. The van der Waals surface area contributed by atoms with Crippen molar-refractivity contribution in [2.24, 2.45) is 0 Å². The molecule has 1 aromatic carbocycles. The highest BCUT2D eigenvalue weighted by Crippen LogP contribution is 2.03. The molecule has 138 valence electrons. The molecular formula is C18H28N4O3. The Balaban J connectivity index is 1.57. The molecule has 0 aliphatic carbocycles. The smallest absolute Gasteiger partial charge is 0.317 e. The maximum absolute atomic E-state index is 12.1. The Bertz CT molecular complexity index is 545. The highest BCUT2D eigenvalue weighted by molar-refractivity contribution is 5.74. The average Bonchev–Trinajstić information content (AvgIpc) is 2.59. The summed E-state index contributed by atoms with van der Waals surface area (Å²) in [7, 11) is 2.08. The van der Waals surface area contributed by atoms with E-state index >= 15 is 0 Å². The lowest BCUT2D eigenvalue weighted by molar-refractivity contribution is -0.138. The van der Waals surface area contributed by atoms with Crippen molar-refractivity contribution in [3.05, 3.63) is 35.9 Å². The van der Waals surface area contributed by atoms with Crippen molar-refractivity contribution in [2.75, 3.05) is 52.9 Å². The monoisotopic (exact) mass is 348 g/mol. The molecular weight excluding hydrogens is 320 g/mol. The summed E-state index contributed by atoms with van der Waals surface area (Å²) >= 11 is 0. The average molecular weight is 348 g/mol. The number of carbonyl (C=O) groups excluding carboxylic acids is 1. The Morgan fingerprint density at radius 1 is 1.16 bits per heavy atom. The SMILES string of the molecule is CN(CCCNC(=O)N1CCN(CC(=O)O)CC1)Cc1ccccc1. The summed E-state index contributed by atoms with van der Waals surface area (Å²) in [5.74, 6) is -0.822. The zero-order chi connectivity index (χ0) is 18.1. The molecule has 1 fully saturated rings. The molecule has 2 amide bonds. The second kappa shape index (κ2) is 10.0. The number of hydrogen-bond donors (Lipinski definition) is 2. The summed E-state index contributed by atoms with van der Waals surface area (Å²) in [4.78, 5) is 28.7. The van der Waals surface area contributed by atoms with E-state index in [4.69, 9.17) is 5.11 Å². The van der Waals surface area contributed by atoms with Gasteiger partial charge in [0.1, 0.15) is 0 Å². The van der Waals surface area contributed by atoms with Gasteiger partial charge < -0.3 is 20.2 Å². The molecule has 1 aliphatic heterocycles. The predicted octanol–water partition coefficient (Wildman–Crippen LogP) is 0.920. The first-order chi connectivity index (χ1) is 12.0. The van der Waals surface area contributed by atoms with Crippen molar-refractivity contribution in [3.63, 3.8) is 0 Å². The molecule has 2 N–H and O–H groups in total. The molecule has 0 bridgehead atoms. The number of nitrogens with zero attached hydrogens (tertiary/aromatic N) is 3. The zero-order valence-electron chi connectivity index (χ0n) is 14.9. The fourth-order valence-electron chi connectivity index (χ4n) is 2.93. The number of carboxylic acids is 1. The van der Waals surface area contributed by atoms with Crippen molar-refractivity contribution in [1.82, 2.24) is 20.0 Å². The number of carboxylic acid groups (broad SMARTS) is 1. The van der Waals surface area contributed by atoms with Crippen molar-refractivity contribution in [3.8, 4) is 0 Å². The normalized spacial score (nSPS) is 15.4. The van der Waals surface area contributed by atoms with Crippen LogP contribution >= 0.6 is 0 Å². The van der Waals surface area contributed by atoms with Crippen LogP contribution < -0.4 is 5.32 Å². The van der Waals surface area contributed by atoms with Gasteiger partial charge in [-0.3, -0.25) is 9.69 Å². The second-order valence-electron chi connectivity index (χ2n) is 6.47. The maximum Gasteiger partial charge on any atom is 0.317 e. The van der Waals surface area contributed by atoms with Gasteiger partial charge in [0, 0.05) is 39.3 Å². The van der Waals surface area contributed by atoms with Gasteiger partial charge in [0.05, 0.1) is 6.54 Å². The van der Waals surface area contributed by atoms with Crippen molar-refractivity contribution in [2.45, 2.75) is 13.0 Å². The molecule has 7 nitrogen and oxygen atoms in total. The number of piperazine rings is 1. The van der Waals surface area contributed by atoms with Gasteiger partial charge in [-0.15, -0.1) is 0 Å². The van der Waals surface area contributed by atoms with Crippen LogP contribution in [0.15, 0.2) is 30.3 Å². The predicted molar refractivity (Wildman–Crippen MR) is 96.4 cm³/mol. The van der Waals surface area contributed by atoms with Gasteiger partial charge >= 0.3 is 12.0 Å². The minimum Gasteiger partial charge on any atom is -0.480 e. The van der Waals surface area contributed by atoms with Gasteiger partial charge in [0.25, 0.3) is 0 Å². The van der Waals surface area contributed by atoms with Crippen LogP contribution in [0.4, 0.5) is 4.79 Å². The minimum atomic E-state index is -0.822. The van der Waals surface area contributed by atoms with Crippen LogP contribution in [0, 0.1) is 0 Å². The van der Waals surface area contributed by atoms with Gasteiger partial charge in [-0.1, -0.05) is 30.3 Å². The number of nitrogens with one attached hydrogen (secondary N) is 1. The number of aliphatic carboxylic acids is 1. The van der Waals surface area contributed by atoms with Crippen LogP contribution in [0.25, 0.3) is 0 Å². The van der Waals surface area contributed by atoms with Gasteiger partial charge in [-0.05, 0) is 25.6 Å².